The molecule has 0 aromatic heterocycles. The molecule has 1 aliphatic carbocycles. The molecule has 0 radical (unpaired) electrons. The molecule has 1 heterocycles. The van der Waals surface area contributed by atoms with E-state index < -0.39 is 0 Å². The van der Waals surface area contributed by atoms with E-state index in [2.05, 4.69) is 92.5 Å². The molecular formula is C40H44Br2O8. The maximum atomic E-state index is 6.61. The van der Waals surface area contributed by atoms with Gasteiger partial charge < -0.3 is 37.9 Å². The Morgan fingerprint density at radius 2 is 0.700 bits per heavy atom. The summed E-state index contributed by atoms with van der Waals surface area (Å²) in [5.74, 6) is 3.39. The molecule has 0 N–H and O–H groups in total. The molecule has 0 spiro atoms. The summed E-state index contributed by atoms with van der Waals surface area (Å²) < 4.78 is 50.6. The zero-order chi connectivity index (χ0) is 34.7. The van der Waals surface area contributed by atoms with Gasteiger partial charge in [-0.3, -0.25) is 0 Å². The highest BCUT2D eigenvalue weighted by atomic mass is 79.9. The Morgan fingerprint density at radius 3 is 0.980 bits per heavy atom. The van der Waals surface area contributed by atoms with Crippen molar-refractivity contribution in [1.29, 1.82) is 0 Å². The fourth-order valence-electron chi connectivity index (χ4n) is 6.66. The van der Waals surface area contributed by atoms with Crippen molar-refractivity contribution in [3.05, 3.63) is 114 Å². The van der Waals surface area contributed by atoms with Gasteiger partial charge in [-0.05, 0) is 46.5 Å². The van der Waals surface area contributed by atoms with Crippen molar-refractivity contribution in [2.75, 3.05) is 80.3 Å². The van der Waals surface area contributed by atoms with Crippen molar-refractivity contribution < 1.29 is 37.9 Å². The number of hydrogen-bond donors (Lipinski definition) is 0. The lowest BCUT2D eigenvalue weighted by molar-refractivity contribution is -0.00706. The first-order valence-electron chi connectivity index (χ1n) is 17.0. The third-order valence-electron chi connectivity index (χ3n) is 8.77. The Balaban J connectivity index is 1.50. The van der Waals surface area contributed by atoms with E-state index in [9.17, 15) is 0 Å². The van der Waals surface area contributed by atoms with E-state index in [4.69, 9.17) is 37.9 Å². The lowest BCUT2D eigenvalue weighted by atomic mass is 9.91. The highest BCUT2D eigenvalue weighted by Crippen LogP contribution is 2.40. The number of methoxy groups -OCH3 is 2. The second-order valence-electron chi connectivity index (χ2n) is 12.2. The predicted molar refractivity (Wildman–Crippen MR) is 200 cm³/mol. The van der Waals surface area contributed by atoms with Gasteiger partial charge in [0.2, 0.25) is 0 Å². The van der Waals surface area contributed by atoms with Gasteiger partial charge in [0.1, 0.15) is 36.2 Å². The van der Waals surface area contributed by atoms with Gasteiger partial charge in [0.25, 0.3) is 0 Å². The zero-order valence-corrected chi connectivity index (χ0v) is 31.9. The van der Waals surface area contributed by atoms with Gasteiger partial charge in [0, 0.05) is 56.9 Å². The van der Waals surface area contributed by atoms with Crippen molar-refractivity contribution in [2.45, 2.75) is 25.7 Å². The molecule has 0 saturated carbocycles. The standard InChI is InChI=1S/C40H44Br2O8/c1-43-37-27-5-3-6-28(37)20-32-24-36(42)26-34-22-30-8-4-7-29(38(30)44-2)21-33-25-35(41)23-31(19-27)39(33)49-17-15-47-13-11-45-9-10-46-12-14-48-16-18-50-40(32)34/h3-8,23-26H,9-22H2,1-2H3. The summed E-state index contributed by atoms with van der Waals surface area (Å²) in [6.45, 7) is 4.56. The first-order valence-corrected chi connectivity index (χ1v) is 18.6. The van der Waals surface area contributed by atoms with Crippen LogP contribution in [0.2, 0.25) is 0 Å². The molecule has 0 fully saturated rings. The molecule has 4 aromatic rings. The van der Waals surface area contributed by atoms with Crippen LogP contribution in [0.5, 0.6) is 23.0 Å². The molecule has 2 aliphatic rings. The van der Waals surface area contributed by atoms with Gasteiger partial charge in [0.15, 0.2) is 0 Å². The van der Waals surface area contributed by atoms with Crippen LogP contribution in [0.1, 0.15) is 44.5 Å². The van der Waals surface area contributed by atoms with E-state index in [1.807, 2.05) is 0 Å². The van der Waals surface area contributed by atoms with E-state index in [0.29, 0.717) is 91.8 Å². The van der Waals surface area contributed by atoms with Gasteiger partial charge in [-0.2, -0.15) is 0 Å². The molecule has 10 bridgehead atoms. The number of ether oxygens (including phenoxy) is 8. The van der Waals surface area contributed by atoms with Crippen LogP contribution < -0.4 is 18.9 Å². The minimum absolute atomic E-state index is 0.394. The lowest BCUT2D eigenvalue weighted by Crippen LogP contribution is -2.15. The Hall–Kier alpha value is -3.12. The molecule has 50 heavy (non-hydrogen) atoms. The van der Waals surface area contributed by atoms with Crippen molar-refractivity contribution in [3.63, 3.8) is 0 Å². The fourth-order valence-corrected chi connectivity index (χ4v) is 7.77. The van der Waals surface area contributed by atoms with Crippen LogP contribution in [-0.2, 0) is 44.6 Å². The van der Waals surface area contributed by atoms with Crippen LogP contribution >= 0.6 is 31.9 Å². The largest absolute Gasteiger partial charge is 0.496 e. The number of halogens is 2. The molecule has 266 valence electrons. The summed E-state index contributed by atoms with van der Waals surface area (Å²) in [5, 5.41) is 0. The zero-order valence-electron chi connectivity index (χ0n) is 28.7. The third kappa shape index (κ3) is 9.40. The van der Waals surface area contributed by atoms with E-state index >= 15 is 0 Å². The highest BCUT2D eigenvalue weighted by Gasteiger charge is 2.22. The number of fused-ring (bicyclic) bond motifs is 2. The Bertz CT molecular complexity index is 1530. The minimum atomic E-state index is 0.394. The smallest absolute Gasteiger partial charge is 0.126 e. The van der Waals surface area contributed by atoms with Crippen molar-refractivity contribution in [2.24, 2.45) is 0 Å². The Kier molecular flexibility index (Phi) is 13.5. The molecule has 0 atom stereocenters. The van der Waals surface area contributed by atoms with E-state index in [1.54, 1.807) is 14.2 Å². The summed E-state index contributed by atoms with van der Waals surface area (Å²) in [6.07, 6.45) is 2.43. The van der Waals surface area contributed by atoms with Gasteiger partial charge >= 0.3 is 0 Å². The summed E-state index contributed by atoms with van der Waals surface area (Å²) in [6, 6.07) is 21.3. The average Bonchev–Trinajstić information content (AvgIpc) is 3.09. The summed E-state index contributed by atoms with van der Waals surface area (Å²) in [5.41, 5.74) is 8.47. The van der Waals surface area contributed by atoms with Crippen molar-refractivity contribution in [3.8, 4) is 23.0 Å². The highest BCUT2D eigenvalue weighted by molar-refractivity contribution is 9.10. The fraction of sp³-hybridized carbons (Fsp3) is 0.400. The topological polar surface area (TPSA) is 73.8 Å². The van der Waals surface area contributed by atoms with Crippen molar-refractivity contribution in [1.82, 2.24) is 0 Å². The van der Waals surface area contributed by atoms with Crippen LogP contribution in [0.3, 0.4) is 0 Å². The van der Waals surface area contributed by atoms with Crippen LogP contribution in [0, 0.1) is 0 Å². The minimum Gasteiger partial charge on any atom is -0.496 e. The third-order valence-corrected chi connectivity index (χ3v) is 9.68. The summed E-state index contributed by atoms with van der Waals surface area (Å²) in [4.78, 5) is 0. The normalized spacial score (nSPS) is 16.5. The predicted octanol–water partition coefficient (Wildman–Crippen LogP) is 7.74. The number of para-hydroxylation sites is 2. The number of benzene rings is 4. The molecule has 0 saturated heterocycles. The second-order valence-corrected chi connectivity index (χ2v) is 14.0. The maximum Gasteiger partial charge on any atom is 0.126 e. The van der Waals surface area contributed by atoms with E-state index in [-0.39, 0.29) is 0 Å². The van der Waals surface area contributed by atoms with Crippen LogP contribution in [0.4, 0.5) is 0 Å². The quantitative estimate of drug-likeness (QED) is 0.180. The molecular weight excluding hydrogens is 768 g/mol. The lowest BCUT2D eigenvalue weighted by Gasteiger charge is -2.22. The first kappa shape index (κ1) is 36.7. The monoisotopic (exact) mass is 810 g/mol. The van der Waals surface area contributed by atoms with Crippen molar-refractivity contribution >= 4 is 31.9 Å². The molecule has 0 unspecified atom stereocenters. The van der Waals surface area contributed by atoms with E-state index in [0.717, 1.165) is 76.5 Å². The average molecular weight is 813 g/mol. The Labute approximate surface area is 311 Å². The SMILES string of the molecule is COc1c2cccc1Cc1cc(Br)cc3c1OCCOCCOCCOCCOCCOc1c(cc(Br)cc1Cc1cccc(c1OC)C3)C2. The van der Waals surface area contributed by atoms with Crippen LogP contribution in [-0.4, -0.2) is 80.3 Å². The number of hydrogen-bond acceptors (Lipinski definition) is 8. The maximum absolute atomic E-state index is 6.61. The Morgan fingerprint density at radius 1 is 0.420 bits per heavy atom. The molecule has 4 aromatic carbocycles. The van der Waals surface area contributed by atoms with Crippen LogP contribution in [0.15, 0.2) is 69.6 Å². The second kappa shape index (κ2) is 18.4. The number of rotatable bonds is 2. The van der Waals surface area contributed by atoms with Gasteiger partial charge in [-0.25, -0.2) is 0 Å². The van der Waals surface area contributed by atoms with Gasteiger partial charge in [-0.1, -0.05) is 68.3 Å². The summed E-state index contributed by atoms with van der Waals surface area (Å²) >= 11 is 7.62. The molecule has 8 nitrogen and oxygen atoms in total. The summed E-state index contributed by atoms with van der Waals surface area (Å²) in [7, 11) is 3.48. The molecule has 0 amide bonds. The first-order chi connectivity index (χ1) is 24.5. The van der Waals surface area contributed by atoms with E-state index in [1.165, 1.54) is 0 Å². The molecule has 1 aliphatic heterocycles. The van der Waals surface area contributed by atoms with Crippen LogP contribution in [0.25, 0.3) is 0 Å². The van der Waals surface area contributed by atoms with Gasteiger partial charge in [-0.15, -0.1) is 0 Å². The van der Waals surface area contributed by atoms with Gasteiger partial charge in [0.05, 0.1) is 67.1 Å². The molecule has 6 rings (SSSR count). The molecule has 10 heteroatoms.